The van der Waals surface area contributed by atoms with Crippen molar-refractivity contribution in [3.05, 3.63) is 29.3 Å². The monoisotopic (exact) mass is 271 g/mol. The van der Waals surface area contributed by atoms with Crippen molar-refractivity contribution in [3.8, 4) is 5.75 Å². The van der Waals surface area contributed by atoms with Gasteiger partial charge in [-0.25, -0.2) is 0 Å². The van der Waals surface area contributed by atoms with Gasteiger partial charge in [-0.3, -0.25) is 4.79 Å². The first-order valence-electron chi connectivity index (χ1n) is 5.94. The molecule has 0 heterocycles. The summed E-state index contributed by atoms with van der Waals surface area (Å²) in [4.78, 5) is 13.5. The molecule has 1 amide bonds. The van der Waals surface area contributed by atoms with Crippen LogP contribution in [0, 0.1) is 0 Å². The van der Waals surface area contributed by atoms with E-state index in [-0.39, 0.29) is 19.1 Å². The largest absolute Gasteiger partial charge is 0.484 e. The third-order valence-corrected chi connectivity index (χ3v) is 2.71. The van der Waals surface area contributed by atoms with Gasteiger partial charge in [0, 0.05) is 24.7 Å². The zero-order valence-corrected chi connectivity index (χ0v) is 11.2. The van der Waals surface area contributed by atoms with Gasteiger partial charge in [-0.1, -0.05) is 17.7 Å². The van der Waals surface area contributed by atoms with Gasteiger partial charge in [0.05, 0.1) is 0 Å². The van der Waals surface area contributed by atoms with Crippen molar-refractivity contribution in [1.82, 2.24) is 4.90 Å². The Balaban J connectivity index is 2.44. The summed E-state index contributed by atoms with van der Waals surface area (Å²) < 4.78 is 5.37. The number of hydrogen-bond acceptors (Lipinski definition) is 3. The van der Waals surface area contributed by atoms with Gasteiger partial charge in [0.15, 0.2) is 6.61 Å². The number of nitrogens with zero attached hydrogens (tertiary/aromatic N) is 1. The first-order valence-corrected chi connectivity index (χ1v) is 6.32. The molecule has 5 heteroatoms. The van der Waals surface area contributed by atoms with Gasteiger partial charge < -0.3 is 14.7 Å². The number of halogens is 1. The number of carbonyl (C=O) groups is 1. The lowest BCUT2D eigenvalue weighted by Gasteiger charge is -2.20. The molecule has 18 heavy (non-hydrogen) atoms. The van der Waals surface area contributed by atoms with Crippen molar-refractivity contribution in [2.45, 2.75) is 13.3 Å². The topological polar surface area (TPSA) is 49.8 Å². The Morgan fingerprint density at radius 1 is 1.50 bits per heavy atom. The van der Waals surface area contributed by atoms with Crippen LogP contribution in [-0.2, 0) is 4.79 Å². The first-order chi connectivity index (χ1) is 8.67. The second-order valence-corrected chi connectivity index (χ2v) is 4.23. The number of aliphatic hydroxyl groups is 1. The molecule has 0 bridgehead atoms. The second-order valence-electron chi connectivity index (χ2n) is 3.80. The lowest BCUT2D eigenvalue weighted by molar-refractivity contribution is -0.133. The minimum Gasteiger partial charge on any atom is -0.484 e. The van der Waals surface area contributed by atoms with Crippen molar-refractivity contribution in [1.29, 1.82) is 0 Å². The number of rotatable bonds is 7. The molecule has 1 rings (SSSR count). The van der Waals surface area contributed by atoms with Gasteiger partial charge in [-0.05, 0) is 31.5 Å². The Morgan fingerprint density at radius 2 is 2.28 bits per heavy atom. The summed E-state index contributed by atoms with van der Waals surface area (Å²) in [5, 5.41) is 9.32. The Hall–Kier alpha value is -1.26. The fraction of sp³-hybridized carbons (Fsp3) is 0.462. The molecular weight excluding hydrogens is 254 g/mol. The number of aliphatic hydroxyl groups excluding tert-OH is 1. The highest BCUT2D eigenvalue weighted by Crippen LogP contribution is 2.17. The number of benzene rings is 1. The third-order valence-electron chi connectivity index (χ3n) is 2.48. The smallest absolute Gasteiger partial charge is 0.260 e. The van der Waals surface area contributed by atoms with Crippen LogP contribution < -0.4 is 4.74 Å². The summed E-state index contributed by atoms with van der Waals surface area (Å²) in [7, 11) is 0. The number of likely N-dealkylation sites (N-methyl/N-ethyl adjacent to an activating group) is 1. The lowest BCUT2D eigenvalue weighted by atomic mass is 10.3. The van der Waals surface area contributed by atoms with E-state index in [0.29, 0.717) is 30.3 Å². The molecule has 0 atom stereocenters. The van der Waals surface area contributed by atoms with Crippen LogP contribution in [0.2, 0.25) is 5.02 Å². The first kappa shape index (κ1) is 14.8. The van der Waals surface area contributed by atoms with Crippen molar-refractivity contribution < 1.29 is 14.6 Å². The summed E-state index contributed by atoms with van der Waals surface area (Å²) in [6.07, 6.45) is 0.580. The molecule has 0 saturated heterocycles. The molecule has 100 valence electrons. The molecule has 0 aromatic heterocycles. The fourth-order valence-electron chi connectivity index (χ4n) is 1.51. The van der Waals surface area contributed by atoms with Crippen LogP contribution in [0.15, 0.2) is 24.3 Å². The van der Waals surface area contributed by atoms with Crippen LogP contribution in [0.1, 0.15) is 13.3 Å². The quantitative estimate of drug-likeness (QED) is 0.825. The summed E-state index contributed by atoms with van der Waals surface area (Å²) in [5.41, 5.74) is 0. The van der Waals surface area contributed by atoms with E-state index in [1.165, 1.54) is 0 Å². The number of carbonyl (C=O) groups excluding carboxylic acids is 1. The standard InChI is InChI=1S/C13H18ClNO3/c1-2-15(7-4-8-16)13(17)10-18-12-6-3-5-11(14)9-12/h3,5-6,9,16H,2,4,7-8,10H2,1H3. The zero-order valence-electron chi connectivity index (χ0n) is 10.4. The maximum atomic E-state index is 11.8. The zero-order chi connectivity index (χ0) is 13.4. The Labute approximate surface area is 112 Å². The molecular formula is C13H18ClNO3. The number of amides is 1. The molecule has 0 spiro atoms. The molecule has 1 N–H and O–H groups in total. The molecule has 0 aliphatic heterocycles. The molecule has 1 aromatic carbocycles. The molecule has 0 saturated carbocycles. The van der Waals surface area contributed by atoms with Crippen LogP contribution in [-0.4, -0.2) is 42.2 Å². The van der Waals surface area contributed by atoms with E-state index in [9.17, 15) is 4.79 Å². The van der Waals surface area contributed by atoms with Gasteiger partial charge >= 0.3 is 0 Å². The van der Waals surface area contributed by atoms with Crippen LogP contribution >= 0.6 is 11.6 Å². The van der Waals surface area contributed by atoms with Crippen LogP contribution in [0.25, 0.3) is 0 Å². The van der Waals surface area contributed by atoms with Crippen LogP contribution in [0.5, 0.6) is 5.75 Å². The fourth-order valence-corrected chi connectivity index (χ4v) is 1.69. The van der Waals surface area contributed by atoms with Gasteiger partial charge in [-0.2, -0.15) is 0 Å². The molecule has 1 aromatic rings. The second kappa shape index (κ2) is 7.95. The normalized spacial score (nSPS) is 10.2. The summed E-state index contributed by atoms with van der Waals surface area (Å²) >= 11 is 5.82. The van der Waals surface area contributed by atoms with E-state index < -0.39 is 0 Å². The summed E-state index contributed by atoms with van der Waals surface area (Å²) in [6.45, 7) is 3.12. The number of ether oxygens (including phenoxy) is 1. The van der Waals surface area contributed by atoms with Gasteiger partial charge in [0.25, 0.3) is 5.91 Å². The third kappa shape index (κ3) is 4.94. The average Bonchev–Trinajstić information content (AvgIpc) is 2.37. The van der Waals surface area contributed by atoms with E-state index in [1.807, 2.05) is 6.92 Å². The maximum absolute atomic E-state index is 11.8. The SMILES string of the molecule is CCN(CCCO)C(=O)COc1cccc(Cl)c1. The van der Waals surface area contributed by atoms with Crippen LogP contribution in [0.3, 0.4) is 0 Å². The highest BCUT2D eigenvalue weighted by atomic mass is 35.5. The van der Waals surface area contributed by atoms with Gasteiger partial charge in [0.1, 0.15) is 5.75 Å². The summed E-state index contributed by atoms with van der Waals surface area (Å²) in [5.74, 6) is 0.486. The maximum Gasteiger partial charge on any atom is 0.260 e. The minimum absolute atomic E-state index is 0.0143. The Bertz CT molecular complexity index is 384. The van der Waals surface area contributed by atoms with Crippen molar-refractivity contribution in [2.24, 2.45) is 0 Å². The Morgan fingerprint density at radius 3 is 2.89 bits per heavy atom. The van der Waals surface area contributed by atoms with E-state index in [0.717, 1.165) is 0 Å². The number of hydrogen-bond donors (Lipinski definition) is 1. The van der Waals surface area contributed by atoms with Crippen LogP contribution in [0.4, 0.5) is 0 Å². The van der Waals surface area contributed by atoms with E-state index in [2.05, 4.69) is 0 Å². The average molecular weight is 272 g/mol. The van der Waals surface area contributed by atoms with Crippen molar-refractivity contribution in [2.75, 3.05) is 26.3 Å². The van der Waals surface area contributed by atoms with E-state index in [1.54, 1.807) is 29.2 Å². The minimum atomic E-state index is -0.0917. The predicted molar refractivity (Wildman–Crippen MR) is 70.9 cm³/mol. The predicted octanol–water partition coefficient (Wildman–Crippen LogP) is 1.95. The molecule has 0 fully saturated rings. The molecule has 0 aliphatic carbocycles. The lowest BCUT2D eigenvalue weighted by Crippen LogP contribution is -2.35. The van der Waals surface area contributed by atoms with Gasteiger partial charge in [-0.15, -0.1) is 0 Å². The van der Waals surface area contributed by atoms with E-state index >= 15 is 0 Å². The highest BCUT2D eigenvalue weighted by molar-refractivity contribution is 6.30. The van der Waals surface area contributed by atoms with Crippen molar-refractivity contribution in [3.63, 3.8) is 0 Å². The Kier molecular flexibility index (Phi) is 6.54. The molecule has 0 radical (unpaired) electrons. The molecule has 0 unspecified atom stereocenters. The highest BCUT2D eigenvalue weighted by Gasteiger charge is 2.11. The van der Waals surface area contributed by atoms with Gasteiger partial charge in [0.2, 0.25) is 0 Å². The van der Waals surface area contributed by atoms with E-state index in [4.69, 9.17) is 21.4 Å². The molecule has 4 nitrogen and oxygen atoms in total. The van der Waals surface area contributed by atoms with Crippen molar-refractivity contribution >= 4 is 17.5 Å². The summed E-state index contributed by atoms with van der Waals surface area (Å²) in [6, 6.07) is 6.93. The molecule has 0 aliphatic rings.